The summed E-state index contributed by atoms with van der Waals surface area (Å²) in [5.74, 6) is 0. The molecule has 2 aromatic rings. The van der Waals surface area contributed by atoms with Crippen molar-refractivity contribution in [2.75, 3.05) is 0 Å². The van der Waals surface area contributed by atoms with Gasteiger partial charge in [0.2, 0.25) is 0 Å². The highest BCUT2D eigenvalue weighted by Gasteiger charge is 2.34. The van der Waals surface area contributed by atoms with E-state index in [1.54, 1.807) is 30.6 Å². The molecule has 0 radical (unpaired) electrons. The molecule has 0 bridgehead atoms. The molecule has 0 spiro atoms. The Morgan fingerprint density at radius 3 is 2.25 bits per heavy atom. The van der Waals surface area contributed by atoms with Crippen LogP contribution in [0.2, 0.25) is 0 Å². The van der Waals surface area contributed by atoms with E-state index >= 15 is 0 Å². The zero-order chi connectivity index (χ0) is 11.8. The lowest BCUT2D eigenvalue weighted by Crippen LogP contribution is -2.10. The predicted molar refractivity (Wildman–Crippen MR) is 58.5 cm³/mol. The fourth-order valence-corrected chi connectivity index (χ4v) is 1.82. The van der Waals surface area contributed by atoms with Gasteiger partial charge >= 0.3 is 6.18 Å². The Hall–Kier alpha value is -1.23. The first kappa shape index (κ1) is 11.3. The van der Waals surface area contributed by atoms with E-state index in [1.165, 1.54) is 10.6 Å². The fourth-order valence-electron chi connectivity index (χ4n) is 1.46. The first-order chi connectivity index (χ1) is 7.48. The topological polar surface area (TPSA) is 4.93 Å². The summed E-state index contributed by atoms with van der Waals surface area (Å²) < 4.78 is 40.2. The van der Waals surface area contributed by atoms with Gasteiger partial charge in [-0.15, -0.1) is 0 Å². The summed E-state index contributed by atoms with van der Waals surface area (Å²) in [5, 5.41) is 0. The monoisotopic (exact) mass is 289 g/mol. The van der Waals surface area contributed by atoms with E-state index < -0.39 is 11.7 Å². The largest absolute Gasteiger partial charge is 0.418 e. The number of nitrogens with zero attached hydrogens (tertiary/aromatic N) is 1. The highest BCUT2D eigenvalue weighted by molar-refractivity contribution is 9.10. The van der Waals surface area contributed by atoms with Crippen LogP contribution in [-0.2, 0) is 6.18 Å². The number of aromatic nitrogens is 1. The van der Waals surface area contributed by atoms with E-state index in [2.05, 4.69) is 15.9 Å². The van der Waals surface area contributed by atoms with Crippen LogP contribution >= 0.6 is 15.9 Å². The lowest BCUT2D eigenvalue weighted by atomic mass is 10.1. The molecule has 0 saturated carbocycles. The predicted octanol–water partition coefficient (Wildman–Crippen LogP) is 4.26. The van der Waals surface area contributed by atoms with E-state index in [-0.39, 0.29) is 5.69 Å². The maximum atomic E-state index is 12.8. The lowest BCUT2D eigenvalue weighted by molar-refractivity contribution is -0.137. The van der Waals surface area contributed by atoms with Crippen LogP contribution in [0.15, 0.2) is 47.2 Å². The van der Waals surface area contributed by atoms with Crippen LogP contribution in [0.1, 0.15) is 5.56 Å². The third-order valence-corrected chi connectivity index (χ3v) is 2.64. The van der Waals surface area contributed by atoms with Gasteiger partial charge in [0.1, 0.15) is 0 Å². The van der Waals surface area contributed by atoms with Crippen LogP contribution in [0.3, 0.4) is 0 Å². The number of halogens is 4. The van der Waals surface area contributed by atoms with Gasteiger partial charge in [0.25, 0.3) is 0 Å². The quantitative estimate of drug-likeness (QED) is 0.739. The maximum absolute atomic E-state index is 12.8. The van der Waals surface area contributed by atoms with Gasteiger partial charge in [-0.3, -0.25) is 0 Å². The molecular weight excluding hydrogens is 283 g/mol. The van der Waals surface area contributed by atoms with Gasteiger partial charge < -0.3 is 4.57 Å². The van der Waals surface area contributed by atoms with Crippen LogP contribution in [0, 0.1) is 0 Å². The average Bonchev–Trinajstić information content (AvgIpc) is 2.69. The molecule has 0 atom stereocenters. The highest BCUT2D eigenvalue weighted by Crippen LogP contribution is 2.35. The minimum atomic E-state index is -4.36. The van der Waals surface area contributed by atoms with Crippen LogP contribution < -0.4 is 0 Å². The van der Waals surface area contributed by atoms with Crippen molar-refractivity contribution in [3.8, 4) is 5.69 Å². The van der Waals surface area contributed by atoms with Crippen molar-refractivity contribution in [1.29, 1.82) is 0 Å². The molecule has 5 heteroatoms. The first-order valence-electron chi connectivity index (χ1n) is 4.48. The molecule has 0 aliphatic rings. The second-order valence-corrected chi connectivity index (χ2v) is 4.17. The normalized spacial score (nSPS) is 11.8. The van der Waals surface area contributed by atoms with E-state index in [4.69, 9.17) is 0 Å². The molecule has 0 aliphatic carbocycles. The Bertz CT molecular complexity index is 488. The second kappa shape index (κ2) is 3.97. The Morgan fingerprint density at radius 1 is 1.06 bits per heavy atom. The second-order valence-electron chi connectivity index (χ2n) is 3.25. The molecule has 84 valence electrons. The Balaban J connectivity index is 2.62. The zero-order valence-electron chi connectivity index (χ0n) is 8.00. The summed E-state index contributed by atoms with van der Waals surface area (Å²) >= 11 is 3.04. The molecule has 2 rings (SSSR count). The molecule has 1 aromatic carbocycles. The summed E-state index contributed by atoms with van der Waals surface area (Å²) in [6.07, 6.45) is -1.19. The molecule has 1 heterocycles. The Kier molecular flexibility index (Phi) is 2.80. The standard InChI is InChI=1S/C11H7BrF3N/c12-8-3-4-10(16-5-1-2-6-16)9(7-8)11(13,14)15/h1-7H. The number of hydrogen-bond acceptors (Lipinski definition) is 0. The number of hydrogen-bond donors (Lipinski definition) is 0. The van der Waals surface area contributed by atoms with Gasteiger partial charge in [0.05, 0.1) is 11.3 Å². The molecule has 16 heavy (non-hydrogen) atoms. The summed E-state index contributed by atoms with van der Waals surface area (Å²) in [4.78, 5) is 0. The van der Waals surface area contributed by atoms with Crippen molar-refractivity contribution in [2.45, 2.75) is 6.18 Å². The summed E-state index contributed by atoms with van der Waals surface area (Å²) in [6, 6.07) is 7.47. The van der Waals surface area contributed by atoms with Gasteiger partial charge in [-0.25, -0.2) is 0 Å². The summed E-state index contributed by atoms with van der Waals surface area (Å²) in [5.41, 5.74) is -0.529. The third kappa shape index (κ3) is 2.14. The average molecular weight is 290 g/mol. The zero-order valence-corrected chi connectivity index (χ0v) is 9.59. The highest BCUT2D eigenvalue weighted by atomic mass is 79.9. The smallest absolute Gasteiger partial charge is 0.323 e. The summed E-state index contributed by atoms with van der Waals surface area (Å²) in [6.45, 7) is 0. The molecule has 0 fully saturated rings. The van der Waals surface area contributed by atoms with Crippen molar-refractivity contribution < 1.29 is 13.2 Å². The van der Waals surface area contributed by atoms with E-state index in [0.29, 0.717) is 4.47 Å². The van der Waals surface area contributed by atoms with Crippen LogP contribution in [0.25, 0.3) is 5.69 Å². The minimum absolute atomic E-state index is 0.126. The number of benzene rings is 1. The van der Waals surface area contributed by atoms with Crippen molar-refractivity contribution >= 4 is 15.9 Å². The summed E-state index contributed by atoms with van der Waals surface area (Å²) in [7, 11) is 0. The molecule has 0 saturated heterocycles. The molecule has 1 nitrogen and oxygen atoms in total. The molecule has 0 N–H and O–H groups in total. The Labute approximate surface area is 98.6 Å². The van der Waals surface area contributed by atoms with Gasteiger partial charge in [0, 0.05) is 16.9 Å². The van der Waals surface area contributed by atoms with Crippen molar-refractivity contribution in [1.82, 2.24) is 4.57 Å². The molecule has 1 aromatic heterocycles. The van der Waals surface area contributed by atoms with Gasteiger partial charge in [0.15, 0.2) is 0 Å². The van der Waals surface area contributed by atoms with Gasteiger partial charge in [-0.05, 0) is 30.3 Å². The Morgan fingerprint density at radius 2 is 1.69 bits per heavy atom. The van der Waals surface area contributed by atoms with E-state index in [9.17, 15) is 13.2 Å². The molecule has 0 unspecified atom stereocenters. The van der Waals surface area contributed by atoms with E-state index in [1.807, 2.05) is 0 Å². The number of alkyl halides is 3. The van der Waals surface area contributed by atoms with Crippen molar-refractivity contribution in [3.63, 3.8) is 0 Å². The molecule has 0 amide bonds. The van der Waals surface area contributed by atoms with Gasteiger partial charge in [-0.2, -0.15) is 13.2 Å². The van der Waals surface area contributed by atoms with Crippen LogP contribution in [0.5, 0.6) is 0 Å². The van der Waals surface area contributed by atoms with E-state index in [0.717, 1.165) is 6.07 Å². The maximum Gasteiger partial charge on any atom is 0.418 e. The first-order valence-corrected chi connectivity index (χ1v) is 5.28. The van der Waals surface area contributed by atoms with Crippen molar-refractivity contribution in [2.24, 2.45) is 0 Å². The van der Waals surface area contributed by atoms with Crippen LogP contribution in [-0.4, -0.2) is 4.57 Å². The minimum Gasteiger partial charge on any atom is -0.323 e. The lowest BCUT2D eigenvalue weighted by Gasteiger charge is -2.13. The van der Waals surface area contributed by atoms with Crippen LogP contribution in [0.4, 0.5) is 13.2 Å². The number of rotatable bonds is 1. The molecule has 0 aliphatic heterocycles. The SMILES string of the molecule is FC(F)(F)c1cc(Br)ccc1-n1cccc1. The van der Waals surface area contributed by atoms with Gasteiger partial charge in [-0.1, -0.05) is 15.9 Å². The third-order valence-electron chi connectivity index (χ3n) is 2.15. The van der Waals surface area contributed by atoms with Crippen molar-refractivity contribution in [3.05, 3.63) is 52.8 Å². The fraction of sp³-hybridized carbons (Fsp3) is 0.0909. The molecular formula is C11H7BrF3N.